The molecule has 11 heteroatoms. The molecule has 1 heterocycles. The molecule has 1 saturated carbocycles. The summed E-state index contributed by atoms with van der Waals surface area (Å²) in [7, 11) is 0. The number of carboxylic acids is 1. The molecule has 4 rings (SSSR count). The van der Waals surface area contributed by atoms with Crippen molar-refractivity contribution in [3.05, 3.63) is 70.8 Å². The van der Waals surface area contributed by atoms with Gasteiger partial charge in [0.25, 0.3) is 11.8 Å². The summed E-state index contributed by atoms with van der Waals surface area (Å²) in [5.41, 5.74) is 0.158. The topological polar surface area (TPSA) is 102 Å². The standard InChI is InChI=1S/C32H38F3N3O4.Na/c1-5-25(20-6-8-22(9-7-20)28(41)36-19-16-26(39)40)38-29(42)27(21-10-12-24(13-11-21)32(33,34)35)37-31(38)17-14-23(15-18-31)30(2,3)4;/h6-13,23,25H,5,14-19H2,1-4H3,(H,36,41)(H,39,40);/q;+1/p-1/t23?,25-,31?;/m1./s1. The molecule has 1 fully saturated rings. The molecule has 1 N–H and O–H groups in total. The van der Waals surface area contributed by atoms with Crippen LogP contribution in [-0.4, -0.2) is 40.6 Å². The van der Waals surface area contributed by atoms with E-state index in [1.54, 1.807) is 24.3 Å². The van der Waals surface area contributed by atoms with E-state index in [1.165, 1.54) is 12.1 Å². The molecule has 1 aliphatic heterocycles. The van der Waals surface area contributed by atoms with E-state index >= 15 is 0 Å². The van der Waals surface area contributed by atoms with Crippen LogP contribution in [0.3, 0.4) is 0 Å². The summed E-state index contributed by atoms with van der Waals surface area (Å²) in [6.07, 6.45) is -1.22. The van der Waals surface area contributed by atoms with Crippen molar-refractivity contribution >= 4 is 23.5 Å². The molecule has 2 aliphatic rings. The van der Waals surface area contributed by atoms with Crippen LogP contribution in [0.15, 0.2) is 53.5 Å². The molecule has 1 spiro atoms. The molecule has 1 aliphatic carbocycles. The second-order valence-corrected chi connectivity index (χ2v) is 12.3. The smallest absolute Gasteiger partial charge is 0.550 e. The Balaban J connectivity index is 0.00000506. The second kappa shape index (κ2) is 13.5. The van der Waals surface area contributed by atoms with Gasteiger partial charge in [0, 0.05) is 30.1 Å². The summed E-state index contributed by atoms with van der Waals surface area (Å²) in [6, 6.07) is 11.0. The van der Waals surface area contributed by atoms with Crippen LogP contribution >= 0.6 is 0 Å². The maximum Gasteiger partial charge on any atom is 1.00 e. The van der Waals surface area contributed by atoms with E-state index in [9.17, 15) is 32.7 Å². The van der Waals surface area contributed by atoms with Crippen LogP contribution in [-0.2, 0) is 15.8 Å². The van der Waals surface area contributed by atoms with Crippen LogP contribution in [0.4, 0.5) is 13.2 Å². The van der Waals surface area contributed by atoms with Gasteiger partial charge in [-0.15, -0.1) is 0 Å². The van der Waals surface area contributed by atoms with Gasteiger partial charge >= 0.3 is 35.7 Å². The number of nitrogens with one attached hydrogen (secondary N) is 1. The van der Waals surface area contributed by atoms with E-state index in [-0.39, 0.29) is 65.6 Å². The van der Waals surface area contributed by atoms with Gasteiger partial charge in [0.2, 0.25) is 0 Å². The van der Waals surface area contributed by atoms with E-state index in [2.05, 4.69) is 26.1 Å². The van der Waals surface area contributed by atoms with Gasteiger partial charge in [-0.1, -0.05) is 52.0 Å². The molecule has 7 nitrogen and oxygen atoms in total. The summed E-state index contributed by atoms with van der Waals surface area (Å²) in [5.74, 6) is -1.55. The van der Waals surface area contributed by atoms with E-state index in [1.807, 2.05) is 11.8 Å². The van der Waals surface area contributed by atoms with Gasteiger partial charge in [0.1, 0.15) is 11.4 Å². The number of carboxylic acid groups (broad SMARTS) is 1. The van der Waals surface area contributed by atoms with Gasteiger partial charge in [0.15, 0.2) is 0 Å². The fourth-order valence-electron chi connectivity index (χ4n) is 6.15. The third-order valence-corrected chi connectivity index (χ3v) is 8.56. The van der Waals surface area contributed by atoms with Gasteiger partial charge in [0.05, 0.1) is 11.6 Å². The number of benzene rings is 2. The Kier molecular flexibility index (Phi) is 10.9. The van der Waals surface area contributed by atoms with Gasteiger partial charge in [-0.05, 0) is 73.3 Å². The van der Waals surface area contributed by atoms with Crippen LogP contribution in [0.1, 0.15) is 99.3 Å². The van der Waals surface area contributed by atoms with Crippen molar-refractivity contribution < 1.29 is 62.2 Å². The summed E-state index contributed by atoms with van der Waals surface area (Å²) in [4.78, 5) is 44.0. The fourth-order valence-corrected chi connectivity index (χ4v) is 6.15. The van der Waals surface area contributed by atoms with E-state index in [0.717, 1.165) is 30.5 Å². The Labute approximate surface area is 272 Å². The molecule has 0 bridgehead atoms. The Bertz CT molecular complexity index is 1340. The van der Waals surface area contributed by atoms with Crippen molar-refractivity contribution in [2.24, 2.45) is 16.3 Å². The third-order valence-electron chi connectivity index (χ3n) is 8.56. The molecular formula is C32H37F3N3NaO4. The number of alkyl halides is 3. The second-order valence-electron chi connectivity index (χ2n) is 12.3. The number of rotatable bonds is 8. The quantitative estimate of drug-likeness (QED) is 0.466. The summed E-state index contributed by atoms with van der Waals surface area (Å²) in [5, 5.41) is 13.2. The van der Waals surface area contributed by atoms with Gasteiger partial charge < -0.3 is 20.1 Å². The van der Waals surface area contributed by atoms with Gasteiger partial charge in [-0.25, -0.2) is 0 Å². The fraction of sp³-hybridized carbons (Fsp3) is 0.500. The van der Waals surface area contributed by atoms with Crippen molar-refractivity contribution in [2.75, 3.05) is 6.54 Å². The van der Waals surface area contributed by atoms with Gasteiger partial charge in [-0.2, -0.15) is 13.2 Å². The Hall–Kier alpha value is -2.69. The molecule has 2 amide bonds. The monoisotopic (exact) mass is 607 g/mol. The number of amides is 2. The van der Waals surface area contributed by atoms with E-state index < -0.39 is 29.3 Å². The number of carbonyl (C=O) groups is 3. The predicted molar refractivity (Wildman–Crippen MR) is 150 cm³/mol. The summed E-state index contributed by atoms with van der Waals surface area (Å²) < 4.78 is 39.6. The number of carbonyl (C=O) groups excluding carboxylic acids is 3. The summed E-state index contributed by atoms with van der Waals surface area (Å²) >= 11 is 0. The average molecular weight is 608 g/mol. The first kappa shape index (κ1) is 34.8. The minimum Gasteiger partial charge on any atom is -0.550 e. The van der Waals surface area contributed by atoms with Crippen LogP contribution in [0, 0.1) is 11.3 Å². The molecule has 226 valence electrons. The van der Waals surface area contributed by atoms with Gasteiger partial charge in [-0.3, -0.25) is 14.6 Å². The zero-order valence-corrected chi connectivity index (χ0v) is 27.4. The maximum absolute atomic E-state index is 14.1. The SMILES string of the molecule is CC[C@H](c1ccc(C(=O)NCCC(=O)[O-])cc1)N1C(=O)C(c2ccc(C(F)(F)F)cc2)=NC12CCC(C(C)(C)C)CC2.[Na+]. The summed E-state index contributed by atoms with van der Waals surface area (Å²) in [6.45, 7) is 8.52. The number of aliphatic imine (C=N–C) groups is 1. The minimum absolute atomic E-state index is 0. The first-order chi connectivity index (χ1) is 19.7. The molecule has 0 aromatic heterocycles. The van der Waals surface area contributed by atoms with E-state index in [4.69, 9.17) is 4.99 Å². The molecule has 1 atom stereocenters. The molecule has 0 saturated heterocycles. The van der Waals surface area contributed by atoms with Crippen LogP contribution < -0.4 is 40.0 Å². The van der Waals surface area contributed by atoms with Crippen LogP contribution in [0.5, 0.6) is 0 Å². The number of nitrogens with zero attached hydrogens (tertiary/aromatic N) is 2. The molecular weight excluding hydrogens is 570 g/mol. The van der Waals surface area contributed by atoms with Crippen LogP contribution in [0.25, 0.3) is 0 Å². The number of aliphatic carboxylic acids is 1. The molecule has 2 aromatic carbocycles. The number of hydrogen-bond donors (Lipinski definition) is 1. The minimum atomic E-state index is -4.48. The Morgan fingerprint density at radius 1 is 1.05 bits per heavy atom. The zero-order chi connectivity index (χ0) is 30.9. The molecule has 0 unspecified atom stereocenters. The number of hydrogen-bond acceptors (Lipinski definition) is 5. The Morgan fingerprint density at radius 2 is 1.63 bits per heavy atom. The third kappa shape index (κ3) is 7.70. The maximum atomic E-state index is 14.1. The molecule has 2 aromatic rings. The van der Waals surface area contributed by atoms with E-state index in [0.29, 0.717) is 36.3 Å². The predicted octanol–water partition coefficient (Wildman–Crippen LogP) is 2.29. The number of halogens is 3. The Morgan fingerprint density at radius 3 is 2.12 bits per heavy atom. The largest absolute Gasteiger partial charge is 1.00 e. The normalized spacial score (nSPS) is 21.3. The zero-order valence-electron chi connectivity index (χ0n) is 25.4. The average Bonchev–Trinajstić information content (AvgIpc) is 3.20. The molecule has 0 radical (unpaired) electrons. The van der Waals surface area contributed by atoms with Crippen LogP contribution in [0.2, 0.25) is 0 Å². The van der Waals surface area contributed by atoms with Crippen molar-refractivity contribution in [3.8, 4) is 0 Å². The first-order valence-corrected chi connectivity index (χ1v) is 14.4. The van der Waals surface area contributed by atoms with Crippen molar-refractivity contribution in [1.82, 2.24) is 10.2 Å². The van der Waals surface area contributed by atoms with Crippen molar-refractivity contribution in [1.29, 1.82) is 0 Å². The van der Waals surface area contributed by atoms with Crippen molar-refractivity contribution in [2.45, 2.75) is 84.1 Å². The first-order valence-electron chi connectivity index (χ1n) is 14.4. The van der Waals surface area contributed by atoms with Crippen molar-refractivity contribution in [3.63, 3.8) is 0 Å². The molecule has 43 heavy (non-hydrogen) atoms.